The Kier molecular flexibility index (Phi) is 4.90. The maximum absolute atomic E-state index is 11.4. The molecule has 5 nitrogen and oxygen atoms in total. The quantitative estimate of drug-likeness (QED) is 0.686. The lowest BCUT2D eigenvalue weighted by Crippen LogP contribution is -2.52. The van der Waals surface area contributed by atoms with Gasteiger partial charge in [-0.25, -0.2) is 4.98 Å². The zero-order valence-electron chi connectivity index (χ0n) is 12.5. The summed E-state index contributed by atoms with van der Waals surface area (Å²) in [5, 5.41) is 13.4. The minimum Gasteiger partial charge on any atom is -0.480 e. The Labute approximate surface area is 128 Å². The monoisotopic (exact) mass is 307 g/mol. The first-order chi connectivity index (χ1) is 9.90. The predicted molar refractivity (Wildman–Crippen MR) is 85.7 cm³/mol. The molecule has 1 atom stereocenters. The van der Waals surface area contributed by atoms with Crippen molar-refractivity contribution in [3.8, 4) is 0 Å². The summed E-state index contributed by atoms with van der Waals surface area (Å²) in [5.41, 5.74) is 1.02. The number of carboxylic acid groups (broad SMARTS) is 1. The van der Waals surface area contributed by atoms with E-state index >= 15 is 0 Å². The number of H-pyrrole nitrogens is 1. The van der Waals surface area contributed by atoms with Gasteiger partial charge in [0.05, 0.1) is 11.0 Å². The number of para-hydroxylation sites is 2. The largest absolute Gasteiger partial charge is 0.480 e. The van der Waals surface area contributed by atoms with Gasteiger partial charge in [-0.1, -0.05) is 23.9 Å². The second-order valence-corrected chi connectivity index (χ2v) is 6.68. The predicted octanol–water partition coefficient (Wildman–Crippen LogP) is 2.89. The molecule has 1 unspecified atom stereocenters. The van der Waals surface area contributed by atoms with Crippen molar-refractivity contribution in [3.63, 3.8) is 0 Å². The van der Waals surface area contributed by atoms with E-state index in [1.54, 1.807) is 18.7 Å². The number of nitrogens with zero attached hydrogens (tertiary/aromatic N) is 1. The summed E-state index contributed by atoms with van der Waals surface area (Å²) in [5.74, 6) is -0.135. The van der Waals surface area contributed by atoms with Crippen molar-refractivity contribution >= 4 is 28.8 Å². The van der Waals surface area contributed by atoms with Gasteiger partial charge in [0.15, 0.2) is 5.16 Å². The average Bonchev–Trinajstić information content (AvgIpc) is 2.80. The van der Waals surface area contributed by atoms with E-state index in [1.165, 1.54) is 0 Å². The zero-order valence-corrected chi connectivity index (χ0v) is 13.3. The molecule has 0 aliphatic heterocycles. The Morgan fingerprint density at radius 1 is 1.48 bits per heavy atom. The number of imidazole rings is 1. The summed E-state index contributed by atoms with van der Waals surface area (Å²) >= 11 is 1.55. The number of benzene rings is 1. The maximum Gasteiger partial charge on any atom is 0.323 e. The molecule has 0 aliphatic carbocycles. The number of hydrogen-bond acceptors (Lipinski definition) is 4. The summed E-state index contributed by atoms with van der Waals surface area (Å²) in [7, 11) is 0. The van der Waals surface area contributed by atoms with Crippen LogP contribution in [0.5, 0.6) is 0 Å². The smallest absolute Gasteiger partial charge is 0.323 e. The molecular weight excluding hydrogens is 286 g/mol. The van der Waals surface area contributed by atoms with Crippen LogP contribution in [0.3, 0.4) is 0 Å². The molecule has 1 aromatic carbocycles. The van der Waals surface area contributed by atoms with Gasteiger partial charge in [0.25, 0.3) is 0 Å². The molecule has 0 amide bonds. The molecule has 0 radical (unpaired) electrons. The maximum atomic E-state index is 11.4. The molecule has 2 rings (SSSR count). The normalized spacial score (nSPS) is 14.5. The number of aromatic amines is 1. The van der Waals surface area contributed by atoms with Crippen LogP contribution < -0.4 is 5.32 Å². The minimum atomic E-state index is -0.910. The van der Waals surface area contributed by atoms with Crippen molar-refractivity contribution in [1.29, 1.82) is 0 Å². The van der Waals surface area contributed by atoms with Crippen LogP contribution >= 0.6 is 11.8 Å². The molecule has 0 bridgehead atoms. The average molecular weight is 307 g/mol. The summed E-state index contributed by atoms with van der Waals surface area (Å²) in [6.45, 7) is 5.63. The van der Waals surface area contributed by atoms with E-state index in [4.69, 9.17) is 0 Å². The summed E-state index contributed by atoms with van der Waals surface area (Å²) < 4.78 is 0. The second-order valence-electron chi connectivity index (χ2n) is 5.59. The van der Waals surface area contributed by atoms with Gasteiger partial charge in [-0.15, -0.1) is 0 Å². The van der Waals surface area contributed by atoms with Crippen LogP contribution in [0, 0.1) is 0 Å². The lowest BCUT2D eigenvalue weighted by molar-refractivity contribution is -0.144. The van der Waals surface area contributed by atoms with Crippen LogP contribution in [0.1, 0.15) is 27.2 Å². The number of hydrogen-bond donors (Lipinski definition) is 3. The van der Waals surface area contributed by atoms with Gasteiger partial charge in [0.2, 0.25) is 0 Å². The molecule has 3 N–H and O–H groups in total. The standard InChI is InChI=1S/C15H21N3O2S/c1-10(2)18-15(3,13(19)20)8-9-21-14-16-11-6-4-5-7-12(11)17-14/h4-7,10,18H,8-9H2,1-3H3,(H,16,17)(H,19,20). The van der Waals surface area contributed by atoms with Gasteiger partial charge in [-0.3, -0.25) is 10.1 Å². The molecule has 21 heavy (non-hydrogen) atoms. The molecule has 6 heteroatoms. The first-order valence-corrected chi connectivity index (χ1v) is 7.98. The molecule has 0 fully saturated rings. The molecule has 0 spiro atoms. The number of rotatable bonds is 7. The number of carboxylic acids is 1. The van der Waals surface area contributed by atoms with Gasteiger partial charge in [0, 0.05) is 11.8 Å². The number of aromatic nitrogens is 2. The Bertz CT molecular complexity index is 593. The van der Waals surface area contributed by atoms with E-state index < -0.39 is 11.5 Å². The van der Waals surface area contributed by atoms with Crippen molar-refractivity contribution in [1.82, 2.24) is 15.3 Å². The van der Waals surface area contributed by atoms with Gasteiger partial charge >= 0.3 is 5.97 Å². The minimum absolute atomic E-state index is 0.127. The number of carbonyl (C=O) groups is 1. The highest BCUT2D eigenvalue weighted by molar-refractivity contribution is 7.99. The van der Waals surface area contributed by atoms with Crippen LogP contribution in [-0.2, 0) is 4.79 Å². The van der Waals surface area contributed by atoms with Crippen LogP contribution in [0.15, 0.2) is 29.4 Å². The van der Waals surface area contributed by atoms with E-state index in [-0.39, 0.29) is 6.04 Å². The molecule has 0 saturated heterocycles. The second kappa shape index (κ2) is 6.49. The Morgan fingerprint density at radius 2 is 2.19 bits per heavy atom. The number of nitrogens with one attached hydrogen (secondary N) is 2. The molecular formula is C15H21N3O2S. The van der Waals surface area contributed by atoms with Crippen LogP contribution in [0.25, 0.3) is 11.0 Å². The lowest BCUT2D eigenvalue weighted by Gasteiger charge is -2.28. The number of aliphatic carboxylic acids is 1. The first kappa shape index (κ1) is 15.9. The Morgan fingerprint density at radius 3 is 2.81 bits per heavy atom. The highest BCUT2D eigenvalue weighted by Crippen LogP contribution is 2.23. The summed E-state index contributed by atoms with van der Waals surface area (Å²) in [6.07, 6.45) is 0.530. The van der Waals surface area contributed by atoms with Gasteiger partial charge in [-0.05, 0) is 39.3 Å². The van der Waals surface area contributed by atoms with Crippen LogP contribution in [0.4, 0.5) is 0 Å². The summed E-state index contributed by atoms with van der Waals surface area (Å²) in [6, 6.07) is 7.97. The fraction of sp³-hybridized carbons (Fsp3) is 0.467. The summed E-state index contributed by atoms with van der Waals surface area (Å²) in [4.78, 5) is 19.2. The SMILES string of the molecule is CC(C)NC(C)(CCSc1nc2ccccc2[nH]1)C(=O)O. The fourth-order valence-electron chi connectivity index (χ4n) is 2.23. The molecule has 1 aromatic heterocycles. The third-order valence-corrected chi connectivity index (χ3v) is 4.16. The van der Waals surface area contributed by atoms with Gasteiger partial charge in [0.1, 0.15) is 5.54 Å². The fourth-order valence-corrected chi connectivity index (χ4v) is 3.28. The Hall–Kier alpha value is -1.53. The number of fused-ring (bicyclic) bond motifs is 1. The molecule has 0 saturated carbocycles. The van der Waals surface area contributed by atoms with Crippen LogP contribution in [0.2, 0.25) is 0 Å². The van der Waals surface area contributed by atoms with Gasteiger partial charge in [-0.2, -0.15) is 0 Å². The highest BCUT2D eigenvalue weighted by Gasteiger charge is 2.32. The first-order valence-electron chi connectivity index (χ1n) is 6.99. The molecule has 114 valence electrons. The third-order valence-electron chi connectivity index (χ3n) is 3.29. The molecule has 1 heterocycles. The zero-order chi connectivity index (χ0) is 15.5. The van der Waals surface area contributed by atoms with E-state index in [2.05, 4.69) is 15.3 Å². The molecule has 2 aromatic rings. The van der Waals surface area contributed by atoms with Gasteiger partial charge < -0.3 is 10.1 Å². The van der Waals surface area contributed by atoms with E-state index in [1.807, 2.05) is 38.1 Å². The van der Waals surface area contributed by atoms with Crippen molar-refractivity contribution in [2.24, 2.45) is 0 Å². The van der Waals surface area contributed by atoms with Crippen molar-refractivity contribution < 1.29 is 9.90 Å². The molecule has 0 aliphatic rings. The van der Waals surface area contributed by atoms with Crippen molar-refractivity contribution in [3.05, 3.63) is 24.3 Å². The highest BCUT2D eigenvalue weighted by atomic mass is 32.2. The van der Waals surface area contributed by atoms with E-state index in [9.17, 15) is 9.90 Å². The van der Waals surface area contributed by atoms with Crippen molar-refractivity contribution in [2.45, 2.75) is 43.9 Å². The Balaban J connectivity index is 1.97. The van der Waals surface area contributed by atoms with Crippen molar-refractivity contribution in [2.75, 3.05) is 5.75 Å². The number of thioether (sulfide) groups is 1. The van der Waals surface area contributed by atoms with E-state index in [0.717, 1.165) is 16.2 Å². The van der Waals surface area contributed by atoms with Crippen LogP contribution in [-0.4, -0.2) is 38.4 Å². The van der Waals surface area contributed by atoms with E-state index in [0.29, 0.717) is 12.2 Å². The third kappa shape index (κ3) is 3.98. The topological polar surface area (TPSA) is 78.0 Å². The lowest BCUT2D eigenvalue weighted by atomic mass is 9.98.